The first-order chi connectivity index (χ1) is 9.02. The molecule has 1 aromatic carbocycles. The molecular formula is C16H21NO2. The third-order valence-corrected chi connectivity index (χ3v) is 4.20. The quantitative estimate of drug-likeness (QED) is 0.779. The molecular weight excluding hydrogens is 238 g/mol. The van der Waals surface area contributed by atoms with Crippen molar-refractivity contribution in [1.82, 2.24) is 0 Å². The minimum atomic E-state index is -0.597. The van der Waals surface area contributed by atoms with Gasteiger partial charge in [-0.25, -0.2) is 0 Å². The van der Waals surface area contributed by atoms with Crippen molar-refractivity contribution in [3.05, 3.63) is 35.4 Å². The van der Waals surface area contributed by atoms with Gasteiger partial charge in [-0.15, -0.1) is 0 Å². The maximum absolute atomic E-state index is 9.66. The molecule has 1 aliphatic carbocycles. The highest BCUT2D eigenvalue weighted by Gasteiger charge is 2.58. The van der Waals surface area contributed by atoms with Crippen LogP contribution in [0.25, 0.3) is 0 Å². The van der Waals surface area contributed by atoms with Crippen molar-refractivity contribution in [2.45, 2.75) is 43.8 Å². The molecule has 0 aliphatic heterocycles. The lowest BCUT2D eigenvalue weighted by molar-refractivity contribution is -0.269. The highest BCUT2D eigenvalue weighted by molar-refractivity contribution is 5.44. The van der Waals surface area contributed by atoms with E-state index in [1.165, 1.54) is 5.56 Å². The van der Waals surface area contributed by atoms with Gasteiger partial charge in [0.2, 0.25) is 0 Å². The van der Waals surface area contributed by atoms with Crippen LogP contribution in [0.5, 0.6) is 0 Å². The van der Waals surface area contributed by atoms with Crippen molar-refractivity contribution < 1.29 is 9.47 Å². The molecule has 1 aliphatic rings. The molecule has 1 aromatic rings. The number of hydrogen-bond acceptors (Lipinski definition) is 3. The summed E-state index contributed by atoms with van der Waals surface area (Å²) in [5.41, 5.74) is 1.88. The summed E-state index contributed by atoms with van der Waals surface area (Å²) in [4.78, 5) is 0. The van der Waals surface area contributed by atoms with Gasteiger partial charge < -0.3 is 9.47 Å². The second-order valence-corrected chi connectivity index (χ2v) is 5.61. The summed E-state index contributed by atoms with van der Waals surface area (Å²) >= 11 is 0. The van der Waals surface area contributed by atoms with Crippen molar-refractivity contribution in [2.24, 2.45) is 0 Å². The molecule has 0 atom stereocenters. The maximum atomic E-state index is 9.66. The van der Waals surface area contributed by atoms with Crippen molar-refractivity contribution in [3.63, 3.8) is 0 Å². The third-order valence-electron chi connectivity index (χ3n) is 4.20. The maximum Gasteiger partial charge on any atom is 0.171 e. The Bertz CT molecular complexity index is 490. The zero-order chi connectivity index (χ0) is 14.1. The minimum Gasteiger partial charge on any atom is -0.353 e. The van der Waals surface area contributed by atoms with E-state index in [4.69, 9.17) is 9.47 Å². The van der Waals surface area contributed by atoms with Gasteiger partial charge in [0.05, 0.1) is 11.5 Å². The number of hydrogen-bond donors (Lipinski definition) is 0. The van der Waals surface area contributed by atoms with Crippen LogP contribution in [-0.4, -0.2) is 20.0 Å². The van der Waals surface area contributed by atoms with Crippen LogP contribution in [0.3, 0.4) is 0 Å². The number of benzene rings is 1. The molecule has 1 fully saturated rings. The Kier molecular flexibility index (Phi) is 3.66. The molecule has 102 valence electrons. The summed E-state index contributed by atoms with van der Waals surface area (Å²) in [6.45, 7) is 4.31. The fourth-order valence-electron chi connectivity index (χ4n) is 3.01. The molecule has 1 saturated carbocycles. The molecule has 0 bridgehead atoms. The van der Waals surface area contributed by atoms with Gasteiger partial charge in [0.1, 0.15) is 0 Å². The van der Waals surface area contributed by atoms with E-state index < -0.39 is 11.2 Å². The molecule has 0 unspecified atom stereocenters. The van der Waals surface area contributed by atoms with Crippen molar-refractivity contribution in [2.75, 3.05) is 14.2 Å². The molecule has 19 heavy (non-hydrogen) atoms. The number of nitriles is 1. The van der Waals surface area contributed by atoms with Crippen LogP contribution in [0.2, 0.25) is 0 Å². The van der Waals surface area contributed by atoms with Gasteiger partial charge in [0.25, 0.3) is 0 Å². The summed E-state index contributed by atoms with van der Waals surface area (Å²) in [6, 6.07) is 10.7. The van der Waals surface area contributed by atoms with Crippen molar-refractivity contribution in [1.29, 1.82) is 5.26 Å². The van der Waals surface area contributed by atoms with E-state index in [-0.39, 0.29) is 0 Å². The topological polar surface area (TPSA) is 42.2 Å². The molecule has 0 spiro atoms. The molecule has 0 saturated heterocycles. The number of rotatable bonds is 4. The van der Waals surface area contributed by atoms with Gasteiger partial charge in [-0.2, -0.15) is 5.26 Å². The van der Waals surface area contributed by atoms with Gasteiger partial charge in [0, 0.05) is 27.1 Å². The van der Waals surface area contributed by atoms with Crippen LogP contribution >= 0.6 is 0 Å². The van der Waals surface area contributed by atoms with Gasteiger partial charge in [-0.3, -0.25) is 0 Å². The van der Waals surface area contributed by atoms with E-state index in [1.54, 1.807) is 14.2 Å². The number of nitrogens with zero attached hydrogens (tertiary/aromatic N) is 1. The van der Waals surface area contributed by atoms with E-state index in [9.17, 15) is 5.26 Å². The SMILES string of the molecule is COC1(OC)CC(C#N)(c2ccccc2C(C)C)C1. The average Bonchev–Trinajstić information content (AvgIpc) is 2.40. The second kappa shape index (κ2) is 4.96. The summed E-state index contributed by atoms with van der Waals surface area (Å²) in [5, 5.41) is 9.66. The van der Waals surface area contributed by atoms with Gasteiger partial charge >= 0.3 is 0 Å². The van der Waals surface area contributed by atoms with Crippen LogP contribution < -0.4 is 0 Å². The van der Waals surface area contributed by atoms with Crippen molar-refractivity contribution >= 4 is 0 Å². The third kappa shape index (κ3) is 2.16. The Morgan fingerprint density at radius 2 is 1.74 bits per heavy atom. The smallest absolute Gasteiger partial charge is 0.171 e. The Morgan fingerprint density at radius 3 is 2.21 bits per heavy atom. The molecule has 0 heterocycles. The van der Waals surface area contributed by atoms with Crippen molar-refractivity contribution in [3.8, 4) is 6.07 Å². The largest absolute Gasteiger partial charge is 0.353 e. The standard InChI is InChI=1S/C16H21NO2/c1-12(2)13-7-5-6-8-14(13)15(11-17)9-16(10-15,18-3)19-4/h5-8,12H,9-10H2,1-4H3. The first kappa shape index (κ1) is 14.0. The Labute approximate surface area is 115 Å². The van der Waals surface area contributed by atoms with Crippen LogP contribution in [0.1, 0.15) is 43.7 Å². The van der Waals surface area contributed by atoms with E-state index in [2.05, 4.69) is 32.0 Å². The predicted octanol–water partition coefficient (Wildman–Crippen LogP) is 3.35. The van der Waals surface area contributed by atoms with Crippen LogP contribution in [-0.2, 0) is 14.9 Å². The molecule has 3 nitrogen and oxygen atoms in total. The zero-order valence-corrected chi connectivity index (χ0v) is 12.1. The fraction of sp³-hybridized carbons (Fsp3) is 0.562. The lowest BCUT2D eigenvalue weighted by atomic mass is 9.60. The highest BCUT2D eigenvalue weighted by atomic mass is 16.7. The van der Waals surface area contributed by atoms with Gasteiger partial charge in [0.15, 0.2) is 5.79 Å². The normalized spacial score (nSPS) is 19.8. The predicted molar refractivity (Wildman–Crippen MR) is 73.8 cm³/mol. The minimum absolute atomic E-state index is 0.404. The van der Waals surface area contributed by atoms with E-state index >= 15 is 0 Å². The Balaban J connectivity index is 2.39. The van der Waals surface area contributed by atoms with E-state index in [1.807, 2.05) is 12.1 Å². The van der Waals surface area contributed by atoms with E-state index in [0.29, 0.717) is 18.8 Å². The molecule has 0 radical (unpaired) electrons. The van der Waals surface area contributed by atoms with Gasteiger partial charge in [-0.05, 0) is 17.0 Å². The Morgan fingerprint density at radius 1 is 1.16 bits per heavy atom. The summed E-state index contributed by atoms with van der Waals surface area (Å²) in [6.07, 6.45) is 1.18. The van der Waals surface area contributed by atoms with Crippen LogP contribution in [0.4, 0.5) is 0 Å². The molecule has 2 rings (SSSR count). The lowest BCUT2D eigenvalue weighted by Crippen LogP contribution is -2.56. The summed E-state index contributed by atoms with van der Waals surface area (Å²) in [5.74, 6) is -0.193. The molecule has 0 amide bonds. The number of methoxy groups -OCH3 is 2. The monoisotopic (exact) mass is 259 g/mol. The highest BCUT2D eigenvalue weighted by Crippen LogP contribution is 2.53. The fourth-order valence-corrected chi connectivity index (χ4v) is 3.01. The Hall–Kier alpha value is -1.37. The van der Waals surface area contributed by atoms with Crippen LogP contribution in [0, 0.1) is 11.3 Å². The molecule has 0 aromatic heterocycles. The number of ether oxygens (including phenoxy) is 2. The molecule has 3 heteroatoms. The van der Waals surface area contributed by atoms with E-state index in [0.717, 1.165) is 5.56 Å². The second-order valence-electron chi connectivity index (χ2n) is 5.61. The lowest BCUT2D eigenvalue weighted by Gasteiger charge is -2.51. The average molecular weight is 259 g/mol. The molecule has 0 N–H and O–H groups in total. The summed E-state index contributed by atoms with van der Waals surface area (Å²) in [7, 11) is 3.28. The summed E-state index contributed by atoms with van der Waals surface area (Å²) < 4.78 is 10.9. The van der Waals surface area contributed by atoms with Crippen LogP contribution in [0.15, 0.2) is 24.3 Å². The first-order valence-corrected chi connectivity index (χ1v) is 6.63. The first-order valence-electron chi connectivity index (χ1n) is 6.63. The zero-order valence-electron chi connectivity index (χ0n) is 12.1. The van der Waals surface area contributed by atoms with Gasteiger partial charge in [-0.1, -0.05) is 38.1 Å².